The number of guanidine groups is 1. The highest BCUT2D eigenvalue weighted by Crippen LogP contribution is 2.40. The van der Waals surface area contributed by atoms with Gasteiger partial charge in [-0.3, -0.25) is 9.79 Å². The minimum absolute atomic E-state index is 0.189. The predicted molar refractivity (Wildman–Crippen MR) is 90.7 cm³/mol. The van der Waals surface area contributed by atoms with E-state index in [1.165, 1.54) is 32.1 Å². The number of likely N-dealkylation sites (tertiary alicyclic amines) is 1. The molecular weight excluding hydrogens is 276 g/mol. The van der Waals surface area contributed by atoms with Gasteiger partial charge in [0.1, 0.15) is 0 Å². The Balaban J connectivity index is 1.89. The Morgan fingerprint density at radius 2 is 2.09 bits per heavy atom. The largest absolute Gasteiger partial charge is 0.370 e. The van der Waals surface area contributed by atoms with Crippen molar-refractivity contribution >= 4 is 11.9 Å². The summed E-state index contributed by atoms with van der Waals surface area (Å²) >= 11 is 0. The third kappa shape index (κ3) is 4.37. The van der Waals surface area contributed by atoms with Gasteiger partial charge in [0.15, 0.2) is 5.96 Å². The number of carbonyl (C=O) groups is 1. The van der Waals surface area contributed by atoms with Crippen molar-refractivity contribution in [2.45, 2.75) is 58.3 Å². The number of hydrogen-bond acceptors (Lipinski definition) is 2. The molecular formula is C17H32N4O. The monoisotopic (exact) mass is 308 g/mol. The van der Waals surface area contributed by atoms with Crippen LogP contribution in [0.5, 0.6) is 0 Å². The summed E-state index contributed by atoms with van der Waals surface area (Å²) in [6.07, 6.45) is 9.31. The van der Waals surface area contributed by atoms with Crippen molar-refractivity contribution in [1.82, 2.24) is 10.2 Å². The lowest BCUT2D eigenvalue weighted by Gasteiger charge is -2.36. The lowest BCUT2D eigenvalue weighted by atomic mass is 9.83. The van der Waals surface area contributed by atoms with Crippen LogP contribution in [0.1, 0.15) is 58.3 Å². The van der Waals surface area contributed by atoms with E-state index in [9.17, 15) is 4.79 Å². The summed E-state index contributed by atoms with van der Waals surface area (Å²) in [5.74, 6) is 1.18. The van der Waals surface area contributed by atoms with Crippen LogP contribution in [0.3, 0.4) is 0 Å². The number of nitrogens with two attached hydrogens (primary N) is 1. The molecule has 0 aromatic heterocycles. The molecule has 126 valence electrons. The highest BCUT2D eigenvalue weighted by Gasteiger charge is 2.32. The van der Waals surface area contributed by atoms with Crippen molar-refractivity contribution in [2.24, 2.45) is 22.1 Å². The molecule has 3 N–H and O–H groups in total. The highest BCUT2D eigenvalue weighted by atomic mass is 16.1. The number of rotatable bonds is 5. The molecule has 0 aromatic rings. The van der Waals surface area contributed by atoms with Gasteiger partial charge in [0.05, 0.1) is 0 Å². The number of aliphatic imine (C=N–C) groups is 1. The van der Waals surface area contributed by atoms with E-state index >= 15 is 0 Å². The molecule has 1 heterocycles. The maximum absolute atomic E-state index is 11.2. The Kier molecular flexibility index (Phi) is 6.09. The van der Waals surface area contributed by atoms with Crippen molar-refractivity contribution in [2.75, 3.05) is 26.7 Å². The van der Waals surface area contributed by atoms with E-state index < -0.39 is 0 Å². The van der Waals surface area contributed by atoms with Crippen LogP contribution in [0.4, 0.5) is 0 Å². The second-order valence-corrected chi connectivity index (χ2v) is 7.09. The average Bonchev–Trinajstić information content (AvgIpc) is 2.97. The van der Waals surface area contributed by atoms with Crippen molar-refractivity contribution in [3.8, 4) is 0 Å². The maximum atomic E-state index is 11.2. The molecule has 1 unspecified atom stereocenters. The summed E-state index contributed by atoms with van der Waals surface area (Å²) < 4.78 is 0. The first kappa shape index (κ1) is 17.1. The fourth-order valence-corrected chi connectivity index (χ4v) is 4.09. The Labute approximate surface area is 134 Å². The van der Waals surface area contributed by atoms with Gasteiger partial charge in [-0.1, -0.05) is 19.8 Å². The van der Waals surface area contributed by atoms with Crippen LogP contribution in [-0.4, -0.2) is 43.4 Å². The van der Waals surface area contributed by atoms with Gasteiger partial charge in [0.2, 0.25) is 5.91 Å². The zero-order valence-electron chi connectivity index (χ0n) is 14.2. The normalized spacial score (nSPS) is 25.3. The molecule has 1 saturated heterocycles. The number of hydrogen-bond donors (Lipinski definition) is 2. The average molecular weight is 308 g/mol. The van der Waals surface area contributed by atoms with Gasteiger partial charge in [-0.25, -0.2) is 0 Å². The molecule has 1 amide bonds. The molecule has 0 bridgehead atoms. The molecule has 2 rings (SSSR count). The summed E-state index contributed by atoms with van der Waals surface area (Å²) in [5, 5.41) is 3.61. The smallest absolute Gasteiger partial charge is 0.217 e. The van der Waals surface area contributed by atoms with Crippen LogP contribution < -0.4 is 11.1 Å². The number of carbonyl (C=O) groups excluding carboxylic acids is 1. The molecule has 0 spiro atoms. The predicted octanol–water partition coefficient (Wildman–Crippen LogP) is 2.12. The number of primary amides is 1. The molecule has 1 saturated carbocycles. The Morgan fingerprint density at radius 1 is 1.36 bits per heavy atom. The van der Waals surface area contributed by atoms with Crippen molar-refractivity contribution < 1.29 is 4.79 Å². The zero-order valence-corrected chi connectivity index (χ0v) is 14.2. The zero-order chi connectivity index (χ0) is 16.0. The van der Waals surface area contributed by atoms with Crippen molar-refractivity contribution in [3.05, 3.63) is 0 Å². The fraction of sp³-hybridized carbons (Fsp3) is 0.882. The highest BCUT2D eigenvalue weighted by molar-refractivity contribution is 5.80. The molecule has 0 radical (unpaired) electrons. The van der Waals surface area contributed by atoms with Gasteiger partial charge in [0.25, 0.3) is 0 Å². The summed E-state index contributed by atoms with van der Waals surface area (Å²) in [6, 6.07) is 0. The first-order chi connectivity index (χ1) is 10.6. The van der Waals surface area contributed by atoms with Gasteiger partial charge in [0, 0.05) is 33.1 Å². The van der Waals surface area contributed by atoms with E-state index in [1.807, 2.05) is 7.05 Å². The van der Waals surface area contributed by atoms with Gasteiger partial charge >= 0.3 is 0 Å². The van der Waals surface area contributed by atoms with Gasteiger partial charge in [-0.05, 0) is 43.4 Å². The van der Waals surface area contributed by atoms with Crippen LogP contribution >= 0.6 is 0 Å². The van der Waals surface area contributed by atoms with Crippen molar-refractivity contribution in [3.63, 3.8) is 0 Å². The molecule has 22 heavy (non-hydrogen) atoms. The van der Waals surface area contributed by atoms with Gasteiger partial charge in [-0.15, -0.1) is 0 Å². The third-order valence-corrected chi connectivity index (χ3v) is 5.56. The second-order valence-electron chi connectivity index (χ2n) is 7.09. The van der Waals surface area contributed by atoms with Crippen LogP contribution in [0, 0.1) is 11.3 Å². The Hall–Kier alpha value is -1.26. The van der Waals surface area contributed by atoms with E-state index in [4.69, 9.17) is 5.73 Å². The van der Waals surface area contributed by atoms with E-state index in [0.29, 0.717) is 17.8 Å². The third-order valence-electron chi connectivity index (χ3n) is 5.56. The first-order valence-corrected chi connectivity index (χ1v) is 8.82. The van der Waals surface area contributed by atoms with E-state index in [-0.39, 0.29) is 5.91 Å². The minimum atomic E-state index is -0.189. The first-order valence-electron chi connectivity index (χ1n) is 8.82. The summed E-state index contributed by atoms with van der Waals surface area (Å²) in [7, 11) is 1.85. The van der Waals surface area contributed by atoms with Crippen LogP contribution in [0.15, 0.2) is 4.99 Å². The van der Waals surface area contributed by atoms with E-state index in [2.05, 4.69) is 22.1 Å². The lowest BCUT2D eigenvalue weighted by molar-refractivity contribution is -0.119. The summed E-state index contributed by atoms with van der Waals surface area (Å²) in [4.78, 5) is 17.9. The number of nitrogens with one attached hydrogen (secondary N) is 1. The summed E-state index contributed by atoms with van der Waals surface area (Å²) in [5.41, 5.74) is 5.81. The van der Waals surface area contributed by atoms with Gasteiger partial charge in [-0.2, -0.15) is 0 Å². The Morgan fingerprint density at radius 3 is 2.68 bits per heavy atom. The van der Waals surface area contributed by atoms with Crippen LogP contribution in [0.2, 0.25) is 0 Å². The van der Waals surface area contributed by atoms with Crippen molar-refractivity contribution in [1.29, 1.82) is 0 Å². The fourth-order valence-electron chi connectivity index (χ4n) is 4.09. The van der Waals surface area contributed by atoms with Crippen LogP contribution in [0.25, 0.3) is 0 Å². The SMILES string of the molecule is CCC1(CNC(=NC)N2CCCC(CC(N)=O)C2)CCCC1. The van der Waals surface area contributed by atoms with E-state index in [1.54, 1.807) is 0 Å². The molecule has 2 aliphatic rings. The number of piperidine rings is 1. The molecule has 0 aromatic carbocycles. The van der Waals surface area contributed by atoms with Crippen LogP contribution in [-0.2, 0) is 4.79 Å². The number of nitrogens with zero attached hydrogens (tertiary/aromatic N) is 2. The quantitative estimate of drug-likeness (QED) is 0.604. The minimum Gasteiger partial charge on any atom is -0.370 e. The molecule has 2 fully saturated rings. The molecule has 1 aliphatic carbocycles. The van der Waals surface area contributed by atoms with E-state index in [0.717, 1.165) is 38.4 Å². The molecule has 5 nitrogen and oxygen atoms in total. The maximum Gasteiger partial charge on any atom is 0.217 e. The molecule has 1 aliphatic heterocycles. The molecule has 1 atom stereocenters. The van der Waals surface area contributed by atoms with Gasteiger partial charge < -0.3 is 16.0 Å². The Bertz CT molecular complexity index is 401. The number of amides is 1. The topological polar surface area (TPSA) is 70.7 Å². The second kappa shape index (κ2) is 7.84. The standard InChI is InChI=1S/C17H32N4O/c1-3-17(8-4-5-9-17)13-20-16(19-2)21-10-6-7-14(12-21)11-15(18)22/h14H,3-13H2,1-2H3,(H2,18,22)(H,19,20). The molecule has 5 heteroatoms. The summed E-state index contributed by atoms with van der Waals surface area (Å²) in [6.45, 7) is 5.24. The lowest BCUT2D eigenvalue weighted by Crippen LogP contribution is -2.49.